The van der Waals surface area contributed by atoms with Gasteiger partial charge in [-0.3, -0.25) is 4.98 Å². The number of hydrogen-bond acceptors (Lipinski definition) is 2. The van der Waals surface area contributed by atoms with E-state index in [0.29, 0.717) is 5.92 Å². The first-order valence-corrected chi connectivity index (χ1v) is 5.85. The lowest BCUT2D eigenvalue weighted by molar-refractivity contribution is 0.181. The molecule has 2 nitrogen and oxygen atoms in total. The van der Waals surface area contributed by atoms with Crippen LogP contribution in [0.4, 0.5) is 0 Å². The Morgan fingerprint density at radius 3 is 2.94 bits per heavy atom. The molecule has 16 heavy (non-hydrogen) atoms. The smallest absolute Gasteiger partial charge is 0.0546 e. The van der Waals surface area contributed by atoms with Gasteiger partial charge in [0.25, 0.3) is 0 Å². The van der Waals surface area contributed by atoms with Crippen LogP contribution in [0.5, 0.6) is 0 Å². The third-order valence-electron chi connectivity index (χ3n) is 3.56. The lowest BCUT2D eigenvalue weighted by atomic mass is 9.93. The second kappa shape index (κ2) is 3.87. The lowest BCUT2D eigenvalue weighted by Gasteiger charge is -2.12. The lowest BCUT2D eigenvalue weighted by Crippen LogP contribution is -2.00. The molecule has 3 rings (SSSR count). The van der Waals surface area contributed by atoms with Crippen LogP contribution < -0.4 is 0 Å². The van der Waals surface area contributed by atoms with Gasteiger partial charge in [0.1, 0.15) is 0 Å². The van der Waals surface area contributed by atoms with Gasteiger partial charge in [-0.25, -0.2) is 0 Å². The highest BCUT2D eigenvalue weighted by atomic mass is 16.3. The van der Waals surface area contributed by atoms with E-state index in [1.165, 1.54) is 16.3 Å². The van der Waals surface area contributed by atoms with Gasteiger partial charge in [0, 0.05) is 17.8 Å². The van der Waals surface area contributed by atoms with Gasteiger partial charge in [-0.2, -0.15) is 0 Å². The molecule has 0 radical (unpaired) electrons. The minimum atomic E-state index is -0.109. The number of aliphatic hydroxyl groups is 1. The van der Waals surface area contributed by atoms with Crippen molar-refractivity contribution in [2.45, 2.75) is 31.3 Å². The first-order valence-electron chi connectivity index (χ1n) is 5.85. The van der Waals surface area contributed by atoms with E-state index in [4.69, 9.17) is 0 Å². The molecule has 2 unspecified atom stereocenters. The summed E-state index contributed by atoms with van der Waals surface area (Å²) < 4.78 is 0. The zero-order valence-electron chi connectivity index (χ0n) is 9.13. The summed E-state index contributed by atoms with van der Waals surface area (Å²) in [7, 11) is 0. The SMILES string of the molecule is OC1CCC(c2cccc3cnccc23)C1. The Labute approximate surface area is 94.9 Å². The van der Waals surface area contributed by atoms with Gasteiger partial charge in [0.2, 0.25) is 0 Å². The van der Waals surface area contributed by atoms with Crippen LogP contribution in [-0.2, 0) is 0 Å². The summed E-state index contributed by atoms with van der Waals surface area (Å²) in [6.45, 7) is 0. The Bertz CT molecular complexity index is 504. The van der Waals surface area contributed by atoms with Crippen molar-refractivity contribution in [2.75, 3.05) is 0 Å². The number of aromatic nitrogens is 1. The van der Waals surface area contributed by atoms with Crippen molar-refractivity contribution in [3.8, 4) is 0 Å². The Balaban J connectivity index is 2.09. The number of nitrogens with zero attached hydrogens (tertiary/aromatic N) is 1. The summed E-state index contributed by atoms with van der Waals surface area (Å²) in [4.78, 5) is 4.15. The second-order valence-electron chi connectivity index (χ2n) is 4.61. The van der Waals surface area contributed by atoms with E-state index in [9.17, 15) is 5.11 Å². The summed E-state index contributed by atoms with van der Waals surface area (Å²) in [5.41, 5.74) is 1.37. The molecular formula is C14H15NO. The molecule has 82 valence electrons. The van der Waals surface area contributed by atoms with Crippen LogP contribution in [0.15, 0.2) is 36.7 Å². The first kappa shape index (κ1) is 9.79. The van der Waals surface area contributed by atoms with Crippen LogP contribution in [0, 0.1) is 0 Å². The van der Waals surface area contributed by atoms with Crippen LogP contribution in [0.3, 0.4) is 0 Å². The van der Waals surface area contributed by atoms with Crippen LogP contribution in [0.1, 0.15) is 30.7 Å². The first-order chi connectivity index (χ1) is 7.84. The zero-order chi connectivity index (χ0) is 11.0. The molecule has 0 aliphatic heterocycles. The summed E-state index contributed by atoms with van der Waals surface area (Å²) >= 11 is 0. The highest BCUT2D eigenvalue weighted by molar-refractivity contribution is 5.85. The second-order valence-corrected chi connectivity index (χ2v) is 4.61. The van der Waals surface area contributed by atoms with E-state index in [1.807, 2.05) is 12.4 Å². The molecule has 0 saturated heterocycles. The number of benzene rings is 1. The normalized spacial score (nSPS) is 25.1. The molecular weight excluding hydrogens is 198 g/mol. The van der Waals surface area contributed by atoms with Gasteiger partial charge in [-0.05, 0) is 42.2 Å². The number of hydrogen-bond donors (Lipinski definition) is 1. The van der Waals surface area contributed by atoms with Gasteiger partial charge in [-0.15, -0.1) is 0 Å². The molecule has 1 fully saturated rings. The molecule has 0 bridgehead atoms. The van der Waals surface area contributed by atoms with Crippen molar-refractivity contribution < 1.29 is 5.11 Å². The van der Waals surface area contributed by atoms with Crippen LogP contribution in [0.2, 0.25) is 0 Å². The fourth-order valence-corrected chi connectivity index (χ4v) is 2.74. The Kier molecular flexibility index (Phi) is 2.37. The van der Waals surface area contributed by atoms with Crippen LogP contribution in [0.25, 0.3) is 10.8 Å². The maximum absolute atomic E-state index is 9.62. The van der Waals surface area contributed by atoms with Gasteiger partial charge in [0.15, 0.2) is 0 Å². The molecule has 1 saturated carbocycles. The average Bonchev–Trinajstić information content (AvgIpc) is 2.75. The molecule has 1 aliphatic carbocycles. The fourth-order valence-electron chi connectivity index (χ4n) is 2.74. The number of pyridine rings is 1. The summed E-state index contributed by atoms with van der Waals surface area (Å²) in [6, 6.07) is 8.45. The molecule has 0 spiro atoms. The maximum atomic E-state index is 9.62. The third kappa shape index (κ3) is 1.59. The quantitative estimate of drug-likeness (QED) is 0.790. The average molecular weight is 213 g/mol. The highest BCUT2D eigenvalue weighted by Crippen LogP contribution is 2.37. The van der Waals surface area contributed by atoms with Crippen molar-refractivity contribution in [3.63, 3.8) is 0 Å². The molecule has 0 amide bonds. The Morgan fingerprint density at radius 1 is 1.19 bits per heavy atom. The van der Waals surface area contributed by atoms with E-state index in [2.05, 4.69) is 29.2 Å². The van der Waals surface area contributed by atoms with E-state index in [0.717, 1.165) is 19.3 Å². The Hall–Kier alpha value is -1.41. The van der Waals surface area contributed by atoms with Crippen molar-refractivity contribution in [2.24, 2.45) is 0 Å². The van der Waals surface area contributed by atoms with E-state index in [-0.39, 0.29) is 6.10 Å². The maximum Gasteiger partial charge on any atom is 0.0546 e. The van der Waals surface area contributed by atoms with Crippen molar-refractivity contribution >= 4 is 10.8 Å². The molecule has 2 atom stereocenters. The number of fused-ring (bicyclic) bond motifs is 1. The van der Waals surface area contributed by atoms with Gasteiger partial charge < -0.3 is 5.11 Å². The molecule has 1 aromatic carbocycles. The minimum Gasteiger partial charge on any atom is -0.393 e. The molecule has 2 heteroatoms. The minimum absolute atomic E-state index is 0.109. The standard InChI is InChI=1S/C14H15NO/c16-12-5-4-10(8-12)13-3-1-2-11-9-15-7-6-14(11)13/h1-3,6-7,9-10,12,16H,4-5,8H2. The monoisotopic (exact) mass is 213 g/mol. The van der Waals surface area contributed by atoms with Gasteiger partial charge in [0.05, 0.1) is 6.10 Å². The van der Waals surface area contributed by atoms with E-state index in [1.54, 1.807) is 0 Å². The molecule has 1 N–H and O–H groups in total. The van der Waals surface area contributed by atoms with Crippen molar-refractivity contribution in [3.05, 3.63) is 42.2 Å². The summed E-state index contributed by atoms with van der Waals surface area (Å²) in [5, 5.41) is 12.1. The van der Waals surface area contributed by atoms with E-state index < -0.39 is 0 Å². The predicted octanol–water partition coefficient (Wildman–Crippen LogP) is 2.86. The van der Waals surface area contributed by atoms with Crippen molar-refractivity contribution in [1.29, 1.82) is 0 Å². The summed E-state index contributed by atoms with van der Waals surface area (Å²) in [5.74, 6) is 0.515. The topological polar surface area (TPSA) is 33.1 Å². The molecule has 1 aliphatic rings. The number of aliphatic hydroxyl groups excluding tert-OH is 1. The van der Waals surface area contributed by atoms with Gasteiger partial charge in [-0.1, -0.05) is 18.2 Å². The van der Waals surface area contributed by atoms with Gasteiger partial charge >= 0.3 is 0 Å². The number of rotatable bonds is 1. The van der Waals surface area contributed by atoms with Crippen LogP contribution >= 0.6 is 0 Å². The summed E-state index contributed by atoms with van der Waals surface area (Å²) in [6.07, 6.45) is 6.58. The van der Waals surface area contributed by atoms with E-state index >= 15 is 0 Å². The Morgan fingerprint density at radius 2 is 2.12 bits per heavy atom. The third-order valence-corrected chi connectivity index (χ3v) is 3.56. The largest absolute Gasteiger partial charge is 0.393 e. The fraction of sp³-hybridized carbons (Fsp3) is 0.357. The van der Waals surface area contributed by atoms with Crippen LogP contribution in [-0.4, -0.2) is 16.2 Å². The predicted molar refractivity (Wildman–Crippen MR) is 64.3 cm³/mol. The van der Waals surface area contributed by atoms with Crippen molar-refractivity contribution in [1.82, 2.24) is 4.98 Å². The zero-order valence-corrected chi connectivity index (χ0v) is 9.13. The molecule has 1 heterocycles. The molecule has 2 aromatic rings. The molecule has 1 aromatic heterocycles. The highest BCUT2D eigenvalue weighted by Gasteiger charge is 2.25.